The van der Waals surface area contributed by atoms with Gasteiger partial charge in [-0.25, -0.2) is 4.39 Å². The van der Waals surface area contributed by atoms with Crippen molar-refractivity contribution >= 4 is 29.0 Å². The largest absolute Gasteiger partial charge is 0.376 e. The van der Waals surface area contributed by atoms with Gasteiger partial charge in [0, 0.05) is 10.6 Å². The monoisotopic (exact) mass is 315 g/mol. The second-order valence-electron chi connectivity index (χ2n) is 4.35. The van der Waals surface area contributed by atoms with Crippen LogP contribution in [-0.2, 0) is 4.79 Å². The van der Waals surface area contributed by atoms with Crippen molar-refractivity contribution in [3.63, 3.8) is 0 Å². The standard InChI is InChI=1S/C16H14FN3OS/c17-12-5-7-13(8-6-12)19-11-16(21)20-14-3-1-2-4-15(14)22-10-9-18/h1-8,19H,10-11H2,(H,20,21). The van der Waals surface area contributed by atoms with Gasteiger partial charge in [0.15, 0.2) is 0 Å². The third-order valence-electron chi connectivity index (χ3n) is 2.75. The molecule has 2 N–H and O–H groups in total. The molecule has 22 heavy (non-hydrogen) atoms. The Morgan fingerprint density at radius 3 is 2.64 bits per heavy atom. The van der Waals surface area contributed by atoms with E-state index in [1.165, 1.54) is 23.9 Å². The lowest BCUT2D eigenvalue weighted by molar-refractivity contribution is -0.114. The van der Waals surface area contributed by atoms with Crippen molar-refractivity contribution in [2.45, 2.75) is 4.90 Å². The maximum absolute atomic E-state index is 12.8. The molecular weight excluding hydrogens is 301 g/mol. The topological polar surface area (TPSA) is 64.9 Å². The SMILES string of the molecule is N#CCSc1ccccc1NC(=O)CNc1ccc(F)cc1. The van der Waals surface area contributed by atoms with Gasteiger partial charge in [0.1, 0.15) is 5.82 Å². The lowest BCUT2D eigenvalue weighted by Crippen LogP contribution is -2.22. The van der Waals surface area contributed by atoms with Crippen LogP contribution in [0.3, 0.4) is 0 Å². The minimum absolute atomic E-state index is 0.0723. The quantitative estimate of drug-likeness (QED) is 0.801. The van der Waals surface area contributed by atoms with Crippen LogP contribution in [0.15, 0.2) is 53.4 Å². The number of thioether (sulfide) groups is 1. The Labute approximate surface area is 132 Å². The van der Waals surface area contributed by atoms with Crippen LogP contribution < -0.4 is 10.6 Å². The van der Waals surface area contributed by atoms with Gasteiger partial charge in [0.05, 0.1) is 24.1 Å². The van der Waals surface area contributed by atoms with Crippen LogP contribution in [0.4, 0.5) is 15.8 Å². The normalized spacial score (nSPS) is 9.82. The van der Waals surface area contributed by atoms with Gasteiger partial charge >= 0.3 is 0 Å². The van der Waals surface area contributed by atoms with Gasteiger partial charge in [-0.15, -0.1) is 11.8 Å². The van der Waals surface area contributed by atoms with E-state index in [1.807, 2.05) is 18.2 Å². The number of amides is 1. The first-order valence-corrected chi connectivity index (χ1v) is 7.55. The van der Waals surface area contributed by atoms with E-state index in [4.69, 9.17) is 5.26 Å². The van der Waals surface area contributed by atoms with E-state index in [2.05, 4.69) is 16.7 Å². The average Bonchev–Trinajstić information content (AvgIpc) is 2.53. The van der Waals surface area contributed by atoms with Crippen LogP contribution in [-0.4, -0.2) is 18.2 Å². The highest BCUT2D eigenvalue weighted by molar-refractivity contribution is 7.99. The maximum atomic E-state index is 12.8. The van der Waals surface area contributed by atoms with Crippen molar-refractivity contribution in [2.24, 2.45) is 0 Å². The van der Waals surface area contributed by atoms with Crippen molar-refractivity contribution in [3.8, 4) is 6.07 Å². The highest BCUT2D eigenvalue weighted by Gasteiger charge is 2.07. The van der Waals surface area contributed by atoms with E-state index in [1.54, 1.807) is 18.2 Å². The highest BCUT2D eigenvalue weighted by Crippen LogP contribution is 2.26. The molecule has 4 nitrogen and oxygen atoms in total. The molecule has 6 heteroatoms. The highest BCUT2D eigenvalue weighted by atomic mass is 32.2. The Hall–Kier alpha value is -2.52. The fourth-order valence-corrected chi connectivity index (χ4v) is 2.42. The van der Waals surface area contributed by atoms with E-state index < -0.39 is 0 Å². The smallest absolute Gasteiger partial charge is 0.243 e. The number of hydrogen-bond acceptors (Lipinski definition) is 4. The molecule has 0 atom stereocenters. The lowest BCUT2D eigenvalue weighted by Gasteiger charge is -2.10. The first kappa shape index (κ1) is 15.9. The summed E-state index contributed by atoms with van der Waals surface area (Å²) in [7, 11) is 0. The summed E-state index contributed by atoms with van der Waals surface area (Å²) in [5, 5.41) is 14.3. The van der Waals surface area contributed by atoms with Crippen LogP contribution in [0.25, 0.3) is 0 Å². The molecule has 112 valence electrons. The molecule has 0 aliphatic heterocycles. The summed E-state index contributed by atoms with van der Waals surface area (Å²) in [5.74, 6) is -0.214. The Balaban J connectivity index is 1.92. The van der Waals surface area contributed by atoms with Gasteiger partial charge in [-0.1, -0.05) is 12.1 Å². The van der Waals surface area contributed by atoms with Gasteiger partial charge < -0.3 is 10.6 Å². The fraction of sp³-hybridized carbons (Fsp3) is 0.125. The van der Waals surface area contributed by atoms with Crippen LogP contribution >= 0.6 is 11.8 Å². The molecule has 0 saturated carbocycles. The minimum atomic E-state index is -0.321. The van der Waals surface area contributed by atoms with Crippen molar-refractivity contribution in [3.05, 3.63) is 54.3 Å². The molecule has 0 aliphatic rings. The van der Waals surface area contributed by atoms with Gasteiger partial charge in [-0.05, 0) is 36.4 Å². The van der Waals surface area contributed by atoms with E-state index in [0.29, 0.717) is 17.1 Å². The number of nitriles is 1. The zero-order chi connectivity index (χ0) is 15.8. The minimum Gasteiger partial charge on any atom is -0.376 e. The number of halogens is 1. The van der Waals surface area contributed by atoms with Crippen LogP contribution in [0.5, 0.6) is 0 Å². The van der Waals surface area contributed by atoms with Crippen molar-refractivity contribution in [2.75, 3.05) is 22.9 Å². The number of carbonyl (C=O) groups is 1. The average molecular weight is 315 g/mol. The van der Waals surface area contributed by atoms with E-state index in [0.717, 1.165) is 4.90 Å². The first-order chi connectivity index (χ1) is 10.7. The second kappa shape index (κ2) is 8.05. The number of nitrogens with zero attached hydrogens (tertiary/aromatic N) is 1. The predicted octanol–water partition coefficient (Wildman–Crippen LogP) is 3.49. The molecule has 0 bridgehead atoms. The molecule has 0 aromatic heterocycles. The van der Waals surface area contributed by atoms with Gasteiger partial charge in [-0.2, -0.15) is 5.26 Å². The zero-order valence-electron chi connectivity index (χ0n) is 11.7. The number of benzene rings is 2. The number of anilines is 2. The molecule has 2 rings (SSSR count). The number of carbonyl (C=O) groups excluding carboxylic acids is 1. The van der Waals surface area contributed by atoms with Crippen molar-refractivity contribution in [1.82, 2.24) is 0 Å². The Morgan fingerprint density at radius 2 is 1.91 bits per heavy atom. The van der Waals surface area contributed by atoms with Crippen LogP contribution in [0.1, 0.15) is 0 Å². The summed E-state index contributed by atoms with van der Waals surface area (Å²) in [5.41, 5.74) is 1.34. The molecule has 0 spiro atoms. The van der Waals surface area contributed by atoms with Gasteiger partial charge in [-0.3, -0.25) is 4.79 Å². The van der Waals surface area contributed by atoms with E-state index in [9.17, 15) is 9.18 Å². The third-order valence-corrected chi connectivity index (χ3v) is 3.69. The third kappa shape index (κ3) is 4.79. The summed E-state index contributed by atoms with van der Waals surface area (Å²) >= 11 is 1.37. The van der Waals surface area contributed by atoms with Crippen molar-refractivity contribution < 1.29 is 9.18 Å². The summed E-state index contributed by atoms with van der Waals surface area (Å²) in [6.07, 6.45) is 0. The maximum Gasteiger partial charge on any atom is 0.243 e. The summed E-state index contributed by atoms with van der Waals surface area (Å²) in [4.78, 5) is 12.8. The zero-order valence-corrected chi connectivity index (χ0v) is 12.5. The fourth-order valence-electron chi connectivity index (χ4n) is 1.75. The summed E-state index contributed by atoms with van der Waals surface area (Å²) in [6.45, 7) is 0.0723. The van der Waals surface area contributed by atoms with E-state index >= 15 is 0 Å². The van der Waals surface area contributed by atoms with Gasteiger partial charge in [0.25, 0.3) is 0 Å². The first-order valence-electron chi connectivity index (χ1n) is 6.57. The summed E-state index contributed by atoms with van der Waals surface area (Å²) in [6, 6.07) is 15.2. The molecule has 0 unspecified atom stereocenters. The molecule has 2 aromatic rings. The second-order valence-corrected chi connectivity index (χ2v) is 5.37. The molecule has 2 aromatic carbocycles. The Bertz CT molecular complexity index is 683. The molecule has 0 saturated heterocycles. The number of rotatable bonds is 6. The van der Waals surface area contributed by atoms with E-state index in [-0.39, 0.29) is 18.3 Å². The Morgan fingerprint density at radius 1 is 1.18 bits per heavy atom. The van der Waals surface area contributed by atoms with Gasteiger partial charge in [0.2, 0.25) is 5.91 Å². The number of nitrogens with one attached hydrogen (secondary N) is 2. The molecule has 0 aliphatic carbocycles. The lowest BCUT2D eigenvalue weighted by atomic mass is 10.3. The summed E-state index contributed by atoms with van der Waals surface area (Å²) < 4.78 is 12.8. The number of hydrogen-bond donors (Lipinski definition) is 2. The molecule has 0 radical (unpaired) electrons. The Kier molecular flexibility index (Phi) is 5.81. The number of para-hydroxylation sites is 1. The van der Waals surface area contributed by atoms with Crippen molar-refractivity contribution in [1.29, 1.82) is 5.26 Å². The molecule has 1 amide bonds. The van der Waals surface area contributed by atoms with Crippen LogP contribution in [0.2, 0.25) is 0 Å². The molecule has 0 fully saturated rings. The molecular formula is C16H14FN3OS. The van der Waals surface area contributed by atoms with Crippen LogP contribution in [0, 0.1) is 17.1 Å². The molecule has 0 heterocycles. The predicted molar refractivity (Wildman–Crippen MR) is 86.3 cm³/mol.